The molecule has 0 saturated heterocycles. The minimum atomic E-state index is 1.31. The smallest absolute Gasteiger partial charge is 0.0142 e. The first-order valence-electron chi connectivity index (χ1n) is 6.64. The summed E-state index contributed by atoms with van der Waals surface area (Å²) >= 11 is 0. The minimum Gasteiger partial charge on any atom is -0.0616 e. The van der Waals surface area contributed by atoms with Crippen LogP contribution in [0.3, 0.4) is 0 Å². The van der Waals surface area contributed by atoms with E-state index in [9.17, 15) is 0 Å². The van der Waals surface area contributed by atoms with Crippen molar-refractivity contribution in [1.29, 1.82) is 0 Å². The van der Waals surface area contributed by atoms with Gasteiger partial charge in [-0.05, 0) is 63.0 Å². The van der Waals surface area contributed by atoms with Crippen molar-refractivity contribution in [2.45, 2.75) is 6.92 Å². The number of hydrogen-bond donors (Lipinski definition) is 0. The second kappa shape index (κ2) is 3.83. The fourth-order valence-corrected chi connectivity index (χ4v) is 2.98. The summed E-state index contributed by atoms with van der Waals surface area (Å²) in [4.78, 5) is 0. The van der Waals surface area contributed by atoms with Gasteiger partial charge in [-0.3, -0.25) is 0 Å². The molecule has 0 unspecified atom stereocenters. The number of benzene rings is 4. The van der Waals surface area contributed by atoms with Crippen LogP contribution in [0.5, 0.6) is 0 Å². The highest BCUT2D eigenvalue weighted by Crippen LogP contribution is 2.30. The zero-order valence-electron chi connectivity index (χ0n) is 10.9. The standard InChI is InChI=1S/C19H14/c1-13-18-9-5-4-8-16(18)11-17-10-14-6-2-3-7-15(14)12-19(13)17/h2-12H,1H3. The Balaban J connectivity index is 2.25. The van der Waals surface area contributed by atoms with Crippen LogP contribution in [-0.4, -0.2) is 0 Å². The molecule has 19 heavy (non-hydrogen) atoms. The van der Waals surface area contributed by atoms with Gasteiger partial charge in [0, 0.05) is 0 Å². The fourth-order valence-electron chi connectivity index (χ4n) is 2.98. The highest BCUT2D eigenvalue weighted by Gasteiger charge is 2.04. The summed E-state index contributed by atoms with van der Waals surface area (Å²) in [6.45, 7) is 2.22. The Labute approximate surface area is 112 Å². The molecule has 0 aliphatic heterocycles. The monoisotopic (exact) mass is 242 g/mol. The zero-order valence-corrected chi connectivity index (χ0v) is 10.9. The molecule has 0 heterocycles. The maximum Gasteiger partial charge on any atom is -0.0142 e. The maximum atomic E-state index is 2.31. The van der Waals surface area contributed by atoms with Crippen molar-refractivity contribution < 1.29 is 0 Å². The Kier molecular flexibility index (Phi) is 2.13. The molecule has 4 rings (SSSR count). The van der Waals surface area contributed by atoms with Crippen LogP contribution in [0.2, 0.25) is 0 Å². The van der Waals surface area contributed by atoms with E-state index in [0.717, 1.165) is 0 Å². The minimum absolute atomic E-state index is 1.31. The predicted molar refractivity (Wildman–Crippen MR) is 83.7 cm³/mol. The zero-order chi connectivity index (χ0) is 12.8. The molecule has 0 heteroatoms. The highest BCUT2D eigenvalue weighted by atomic mass is 14.1. The largest absolute Gasteiger partial charge is 0.0616 e. The molecule has 0 bridgehead atoms. The number of fused-ring (bicyclic) bond motifs is 3. The van der Waals surface area contributed by atoms with E-state index in [0.29, 0.717) is 0 Å². The average Bonchev–Trinajstić information content (AvgIpc) is 2.46. The van der Waals surface area contributed by atoms with Gasteiger partial charge in [0.1, 0.15) is 0 Å². The first-order valence-corrected chi connectivity index (χ1v) is 6.64. The van der Waals surface area contributed by atoms with Gasteiger partial charge in [-0.15, -0.1) is 0 Å². The molecular formula is C19H14. The van der Waals surface area contributed by atoms with Crippen molar-refractivity contribution in [3.05, 3.63) is 72.3 Å². The first kappa shape index (κ1) is 10.6. The molecule has 0 fully saturated rings. The Morgan fingerprint density at radius 1 is 0.526 bits per heavy atom. The van der Waals surface area contributed by atoms with E-state index < -0.39 is 0 Å². The quantitative estimate of drug-likeness (QED) is 0.359. The number of rotatable bonds is 0. The van der Waals surface area contributed by atoms with Gasteiger partial charge in [-0.1, -0.05) is 48.5 Å². The van der Waals surface area contributed by atoms with Crippen molar-refractivity contribution in [2.24, 2.45) is 0 Å². The lowest BCUT2D eigenvalue weighted by Gasteiger charge is -2.09. The number of hydrogen-bond acceptors (Lipinski definition) is 0. The molecule has 4 aromatic rings. The molecule has 0 aromatic heterocycles. The molecular weight excluding hydrogens is 228 g/mol. The van der Waals surface area contributed by atoms with Gasteiger partial charge >= 0.3 is 0 Å². The molecule has 0 saturated carbocycles. The lowest BCUT2D eigenvalue weighted by atomic mass is 9.95. The van der Waals surface area contributed by atoms with E-state index in [1.807, 2.05) is 0 Å². The molecule has 0 amide bonds. The van der Waals surface area contributed by atoms with Crippen molar-refractivity contribution in [1.82, 2.24) is 0 Å². The van der Waals surface area contributed by atoms with Crippen molar-refractivity contribution in [3.63, 3.8) is 0 Å². The van der Waals surface area contributed by atoms with E-state index >= 15 is 0 Å². The average molecular weight is 242 g/mol. The summed E-state index contributed by atoms with van der Waals surface area (Å²) < 4.78 is 0. The summed E-state index contributed by atoms with van der Waals surface area (Å²) in [5.74, 6) is 0. The molecule has 0 aliphatic carbocycles. The lowest BCUT2D eigenvalue weighted by molar-refractivity contribution is 1.59. The SMILES string of the molecule is Cc1c2ccccc2cc2cc3ccccc3cc12. The summed E-state index contributed by atoms with van der Waals surface area (Å²) in [7, 11) is 0. The Hall–Kier alpha value is -2.34. The summed E-state index contributed by atoms with van der Waals surface area (Å²) in [5.41, 5.74) is 1.37. The van der Waals surface area contributed by atoms with Gasteiger partial charge in [0.25, 0.3) is 0 Å². The van der Waals surface area contributed by atoms with Crippen LogP contribution in [0.25, 0.3) is 32.3 Å². The van der Waals surface area contributed by atoms with Crippen molar-refractivity contribution in [3.8, 4) is 0 Å². The van der Waals surface area contributed by atoms with Crippen LogP contribution in [0, 0.1) is 6.92 Å². The van der Waals surface area contributed by atoms with Crippen LogP contribution in [0.15, 0.2) is 66.7 Å². The summed E-state index contributed by atoms with van der Waals surface area (Å²) in [6.07, 6.45) is 0. The Morgan fingerprint density at radius 2 is 1.11 bits per heavy atom. The second-order valence-corrected chi connectivity index (χ2v) is 5.14. The highest BCUT2D eigenvalue weighted by molar-refractivity contribution is 6.07. The van der Waals surface area contributed by atoms with E-state index in [4.69, 9.17) is 0 Å². The molecule has 0 N–H and O–H groups in total. The third-order valence-corrected chi connectivity index (χ3v) is 4.00. The normalized spacial score (nSPS) is 11.4. The Bertz CT molecular complexity index is 911. The summed E-state index contributed by atoms with van der Waals surface area (Å²) in [6, 6.07) is 24.1. The second-order valence-electron chi connectivity index (χ2n) is 5.14. The maximum absolute atomic E-state index is 2.31. The van der Waals surface area contributed by atoms with Gasteiger partial charge in [0.2, 0.25) is 0 Å². The van der Waals surface area contributed by atoms with Crippen molar-refractivity contribution >= 4 is 32.3 Å². The molecule has 4 aromatic carbocycles. The molecule has 0 atom stereocenters. The molecule has 90 valence electrons. The fraction of sp³-hybridized carbons (Fsp3) is 0.0526. The molecule has 0 nitrogen and oxygen atoms in total. The van der Waals surface area contributed by atoms with Crippen LogP contribution in [0.1, 0.15) is 5.56 Å². The van der Waals surface area contributed by atoms with E-state index in [1.165, 1.54) is 37.9 Å². The van der Waals surface area contributed by atoms with Crippen LogP contribution < -0.4 is 0 Å². The van der Waals surface area contributed by atoms with Gasteiger partial charge < -0.3 is 0 Å². The topological polar surface area (TPSA) is 0 Å². The van der Waals surface area contributed by atoms with Gasteiger partial charge in [0.15, 0.2) is 0 Å². The molecule has 0 spiro atoms. The van der Waals surface area contributed by atoms with Gasteiger partial charge in [-0.2, -0.15) is 0 Å². The van der Waals surface area contributed by atoms with Crippen LogP contribution in [0.4, 0.5) is 0 Å². The third-order valence-electron chi connectivity index (χ3n) is 4.00. The number of aryl methyl sites for hydroxylation is 1. The van der Waals surface area contributed by atoms with Crippen molar-refractivity contribution in [2.75, 3.05) is 0 Å². The van der Waals surface area contributed by atoms with Crippen LogP contribution in [-0.2, 0) is 0 Å². The van der Waals surface area contributed by atoms with Gasteiger partial charge in [0.05, 0.1) is 0 Å². The van der Waals surface area contributed by atoms with E-state index in [-0.39, 0.29) is 0 Å². The molecule has 0 aliphatic rings. The van der Waals surface area contributed by atoms with E-state index in [1.54, 1.807) is 0 Å². The van der Waals surface area contributed by atoms with Gasteiger partial charge in [-0.25, -0.2) is 0 Å². The van der Waals surface area contributed by atoms with E-state index in [2.05, 4.69) is 73.7 Å². The Morgan fingerprint density at radius 3 is 1.89 bits per heavy atom. The lowest BCUT2D eigenvalue weighted by Crippen LogP contribution is -1.83. The first-order chi connectivity index (χ1) is 9.33. The van der Waals surface area contributed by atoms with Crippen LogP contribution >= 0.6 is 0 Å². The summed E-state index contributed by atoms with van der Waals surface area (Å²) in [5, 5.41) is 7.98. The molecule has 0 radical (unpaired) electrons. The third kappa shape index (κ3) is 1.53. The predicted octanol–water partition coefficient (Wildman–Crippen LogP) is 5.45.